The fourth-order valence-electron chi connectivity index (χ4n) is 1.95. The zero-order valence-corrected chi connectivity index (χ0v) is 13.0. The van der Waals surface area contributed by atoms with Crippen molar-refractivity contribution in [3.63, 3.8) is 0 Å². The standard InChI is InChI=1S/C15H14BrNO4/c1-10-5-6-14(12(7-10)8-18)21-9-11-3-2-4-13(15(11)16)17(19)20/h2-7,18H,8-9H2,1H3. The number of nitrogens with zero attached hydrogens (tertiary/aromatic N) is 1. The predicted molar refractivity (Wildman–Crippen MR) is 82.2 cm³/mol. The molecule has 0 spiro atoms. The first-order chi connectivity index (χ1) is 10.0. The highest BCUT2D eigenvalue weighted by molar-refractivity contribution is 9.10. The molecule has 5 nitrogen and oxygen atoms in total. The first-order valence-corrected chi connectivity index (χ1v) is 7.07. The molecule has 0 bridgehead atoms. The minimum atomic E-state index is -0.446. The van der Waals surface area contributed by atoms with Gasteiger partial charge in [0.05, 0.1) is 11.5 Å². The molecular weight excluding hydrogens is 338 g/mol. The maximum Gasteiger partial charge on any atom is 0.283 e. The van der Waals surface area contributed by atoms with E-state index in [1.54, 1.807) is 18.2 Å². The second kappa shape index (κ2) is 6.69. The Morgan fingerprint density at radius 1 is 1.29 bits per heavy atom. The molecule has 0 radical (unpaired) electrons. The van der Waals surface area contributed by atoms with Crippen LogP contribution in [0.2, 0.25) is 0 Å². The first kappa shape index (κ1) is 15.5. The van der Waals surface area contributed by atoms with Crippen molar-refractivity contribution >= 4 is 21.6 Å². The van der Waals surface area contributed by atoms with E-state index in [1.165, 1.54) is 6.07 Å². The largest absolute Gasteiger partial charge is 0.488 e. The van der Waals surface area contributed by atoms with Gasteiger partial charge in [-0.3, -0.25) is 10.1 Å². The molecule has 21 heavy (non-hydrogen) atoms. The summed E-state index contributed by atoms with van der Waals surface area (Å²) in [6, 6.07) is 10.3. The van der Waals surface area contributed by atoms with Crippen molar-refractivity contribution in [3.05, 3.63) is 67.7 Å². The van der Waals surface area contributed by atoms with Gasteiger partial charge < -0.3 is 9.84 Å². The molecule has 2 aromatic carbocycles. The van der Waals surface area contributed by atoms with Crippen LogP contribution in [-0.2, 0) is 13.2 Å². The van der Waals surface area contributed by atoms with Crippen molar-refractivity contribution in [1.29, 1.82) is 0 Å². The van der Waals surface area contributed by atoms with Gasteiger partial charge in [-0.1, -0.05) is 29.8 Å². The number of aryl methyl sites for hydroxylation is 1. The van der Waals surface area contributed by atoms with Crippen molar-refractivity contribution in [2.45, 2.75) is 20.1 Å². The summed E-state index contributed by atoms with van der Waals surface area (Å²) >= 11 is 3.23. The number of halogens is 1. The highest BCUT2D eigenvalue weighted by Gasteiger charge is 2.15. The number of aliphatic hydroxyl groups excluding tert-OH is 1. The molecule has 2 aromatic rings. The van der Waals surface area contributed by atoms with Crippen molar-refractivity contribution < 1.29 is 14.8 Å². The molecule has 0 saturated heterocycles. The lowest BCUT2D eigenvalue weighted by Gasteiger charge is -2.12. The van der Waals surface area contributed by atoms with Crippen molar-refractivity contribution in [2.24, 2.45) is 0 Å². The molecule has 0 amide bonds. The molecule has 6 heteroatoms. The summed E-state index contributed by atoms with van der Waals surface area (Å²) in [7, 11) is 0. The van der Waals surface area contributed by atoms with Crippen LogP contribution in [0.15, 0.2) is 40.9 Å². The average molecular weight is 352 g/mol. The normalized spacial score (nSPS) is 10.4. The van der Waals surface area contributed by atoms with Crippen LogP contribution in [0.3, 0.4) is 0 Å². The fraction of sp³-hybridized carbons (Fsp3) is 0.200. The molecule has 0 unspecified atom stereocenters. The highest BCUT2D eigenvalue weighted by Crippen LogP contribution is 2.29. The summed E-state index contributed by atoms with van der Waals surface area (Å²) < 4.78 is 6.08. The molecule has 1 N–H and O–H groups in total. The molecule has 2 rings (SSSR count). The number of hydrogen-bond donors (Lipinski definition) is 1. The smallest absolute Gasteiger partial charge is 0.283 e. The number of rotatable bonds is 5. The highest BCUT2D eigenvalue weighted by atomic mass is 79.9. The Hall–Kier alpha value is -1.92. The average Bonchev–Trinajstić information content (AvgIpc) is 2.46. The third-order valence-corrected chi connectivity index (χ3v) is 3.94. The number of nitro benzene ring substituents is 1. The van der Waals surface area contributed by atoms with E-state index in [0.717, 1.165) is 5.56 Å². The van der Waals surface area contributed by atoms with Gasteiger partial charge in [-0.05, 0) is 28.9 Å². The molecule has 0 heterocycles. The van der Waals surface area contributed by atoms with Crippen LogP contribution in [0.4, 0.5) is 5.69 Å². The van der Waals surface area contributed by atoms with E-state index in [4.69, 9.17) is 4.74 Å². The van der Waals surface area contributed by atoms with E-state index in [2.05, 4.69) is 15.9 Å². The van der Waals surface area contributed by atoms with Gasteiger partial charge in [0.1, 0.15) is 16.8 Å². The van der Waals surface area contributed by atoms with Crippen LogP contribution in [0.1, 0.15) is 16.7 Å². The van der Waals surface area contributed by atoms with Gasteiger partial charge in [-0.15, -0.1) is 0 Å². The van der Waals surface area contributed by atoms with Crippen LogP contribution in [0, 0.1) is 17.0 Å². The van der Waals surface area contributed by atoms with E-state index in [-0.39, 0.29) is 18.9 Å². The Bertz CT molecular complexity index is 673. The summed E-state index contributed by atoms with van der Waals surface area (Å²) in [5.41, 5.74) is 2.40. The number of nitro groups is 1. The maximum atomic E-state index is 10.9. The van der Waals surface area contributed by atoms with Gasteiger partial charge in [0.25, 0.3) is 5.69 Å². The Morgan fingerprint density at radius 2 is 2.05 bits per heavy atom. The molecule has 0 aliphatic carbocycles. The molecule has 0 aromatic heterocycles. The number of hydrogen-bond acceptors (Lipinski definition) is 4. The molecular formula is C15H14BrNO4. The lowest BCUT2D eigenvalue weighted by molar-refractivity contribution is -0.385. The van der Waals surface area contributed by atoms with E-state index >= 15 is 0 Å². The molecule has 0 fully saturated rings. The third-order valence-electron chi connectivity index (χ3n) is 3.02. The van der Waals surface area contributed by atoms with Crippen molar-refractivity contribution in [1.82, 2.24) is 0 Å². The monoisotopic (exact) mass is 351 g/mol. The Balaban J connectivity index is 2.21. The lowest BCUT2D eigenvalue weighted by atomic mass is 10.1. The molecule has 0 atom stereocenters. The van der Waals surface area contributed by atoms with Crippen LogP contribution >= 0.6 is 15.9 Å². The first-order valence-electron chi connectivity index (χ1n) is 6.28. The minimum absolute atomic E-state index is 0.00221. The fourth-order valence-corrected chi connectivity index (χ4v) is 2.47. The van der Waals surface area contributed by atoms with E-state index in [0.29, 0.717) is 21.3 Å². The zero-order valence-electron chi connectivity index (χ0n) is 11.4. The lowest BCUT2D eigenvalue weighted by Crippen LogP contribution is -2.01. The van der Waals surface area contributed by atoms with Gasteiger partial charge in [0.2, 0.25) is 0 Å². The number of benzene rings is 2. The van der Waals surface area contributed by atoms with Gasteiger partial charge in [0.15, 0.2) is 0 Å². The van der Waals surface area contributed by atoms with Crippen molar-refractivity contribution in [3.8, 4) is 5.75 Å². The van der Waals surface area contributed by atoms with Crippen LogP contribution in [-0.4, -0.2) is 10.0 Å². The second-order valence-corrected chi connectivity index (χ2v) is 5.36. The predicted octanol–water partition coefficient (Wildman–Crippen LogP) is 3.74. The van der Waals surface area contributed by atoms with E-state index in [9.17, 15) is 15.2 Å². The Labute approximate surface area is 130 Å². The van der Waals surface area contributed by atoms with Gasteiger partial charge >= 0.3 is 0 Å². The number of ether oxygens (including phenoxy) is 1. The molecule has 0 saturated carbocycles. The Morgan fingerprint density at radius 3 is 2.71 bits per heavy atom. The quantitative estimate of drug-likeness (QED) is 0.657. The summed E-state index contributed by atoms with van der Waals surface area (Å²) in [6.45, 7) is 1.99. The molecule has 110 valence electrons. The van der Waals surface area contributed by atoms with Gasteiger partial charge in [-0.25, -0.2) is 0 Å². The maximum absolute atomic E-state index is 10.9. The van der Waals surface area contributed by atoms with Crippen LogP contribution in [0.5, 0.6) is 5.75 Å². The van der Waals surface area contributed by atoms with E-state index in [1.807, 2.05) is 19.1 Å². The minimum Gasteiger partial charge on any atom is -0.488 e. The third kappa shape index (κ3) is 3.59. The summed E-state index contributed by atoms with van der Waals surface area (Å²) in [4.78, 5) is 10.4. The molecule has 0 aliphatic rings. The van der Waals surface area contributed by atoms with E-state index < -0.39 is 4.92 Å². The summed E-state index contributed by atoms with van der Waals surface area (Å²) in [6.07, 6.45) is 0. The SMILES string of the molecule is Cc1ccc(OCc2cccc([N+](=O)[O-])c2Br)c(CO)c1. The van der Waals surface area contributed by atoms with Gasteiger partial charge in [-0.2, -0.15) is 0 Å². The molecule has 0 aliphatic heterocycles. The Kier molecular flexibility index (Phi) is 4.93. The number of aliphatic hydroxyl groups is 1. The zero-order chi connectivity index (χ0) is 15.4. The van der Waals surface area contributed by atoms with Crippen molar-refractivity contribution in [2.75, 3.05) is 0 Å². The van der Waals surface area contributed by atoms with Crippen LogP contribution in [0.25, 0.3) is 0 Å². The topological polar surface area (TPSA) is 72.6 Å². The van der Waals surface area contributed by atoms with Crippen LogP contribution < -0.4 is 4.74 Å². The summed E-state index contributed by atoms with van der Waals surface area (Å²) in [5, 5.41) is 20.2. The summed E-state index contributed by atoms with van der Waals surface area (Å²) in [5.74, 6) is 0.571. The second-order valence-electron chi connectivity index (χ2n) is 4.57. The van der Waals surface area contributed by atoms with Gasteiger partial charge in [0, 0.05) is 17.2 Å².